The largest absolute Gasteiger partial charge is 0.497 e. The maximum atomic E-state index is 12.4. The zero-order valence-corrected chi connectivity index (χ0v) is 17.4. The van der Waals surface area contributed by atoms with Gasteiger partial charge in [0.15, 0.2) is 0 Å². The lowest BCUT2D eigenvalue weighted by Gasteiger charge is -2.24. The van der Waals surface area contributed by atoms with E-state index in [4.69, 9.17) is 14.2 Å². The van der Waals surface area contributed by atoms with Gasteiger partial charge in [-0.25, -0.2) is 4.79 Å². The molecule has 1 aliphatic heterocycles. The van der Waals surface area contributed by atoms with Crippen LogP contribution in [0.3, 0.4) is 0 Å². The van der Waals surface area contributed by atoms with E-state index in [0.717, 1.165) is 50.4 Å². The van der Waals surface area contributed by atoms with Crippen LogP contribution in [0.5, 0.6) is 11.5 Å². The number of aromatic nitrogens is 1. The Kier molecular flexibility index (Phi) is 7.43. The maximum Gasteiger partial charge on any atom is 0.338 e. The van der Waals surface area contributed by atoms with E-state index in [1.54, 1.807) is 20.3 Å². The maximum absolute atomic E-state index is 12.4. The van der Waals surface area contributed by atoms with E-state index in [2.05, 4.69) is 20.9 Å². The highest BCUT2D eigenvalue weighted by Crippen LogP contribution is 2.31. The second-order valence-corrected chi connectivity index (χ2v) is 7.07. The van der Waals surface area contributed by atoms with Gasteiger partial charge in [-0.15, -0.1) is 0 Å². The van der Waals surface area contributed by atoms with E-state index < -0.39 is 0 Å². The van der Waals surface area contributed by atoms with E-state index in [1.807, 2.05) is 24.4 Å². The van der Waals surface area contributed by atoms with Crippen LogP contribution in [0.1, 0.15) is 28.0 Å². The minimum atomic E-state index is -0.385. The highest BCUT2D eigenvalue weighted by atomic mass is 16.5. The van der Waals surface area contributed by atoms with Crippen molar-refractivity contribution in [2.75, 3.05) is 47.5 Å². The zero-order valence-electron chi connectivity index (χ0n) is 17.4. The first kappa shape index (κ1) is 21.1. The molecule has 3 rings (SSSR count). The fraction of sp³-hybridized carbons (Fsp3) is 0.455. The number of carbonyl (C=O) groups is 1. The van der Waals surface area contributed by atoms with E-state index in [9.17, 15) is 4.79 Å². The monoisotopic (exact) mass is 399 g/mol. The van der Waals surface area contributed by atoms with E-state index in [-0.39, 0.29) is 5.97 Å². The molecule has 1 aliphatic rings. The van der Waals surface area contributed by atoms with Gasteiger partial charge in [0, 0.05) is 44.0 Å². The number of nitrogens with zero attached hydrogens (tertiary/aromatic N) is 3. The molecule has 0 bridgehead atoms. The second kappa shape index (κ2) is 10.2. The first-order valence-electron chi connectivity index (χ1n) is 9.82. The highest BCUT2D eigenvalue weighted by molar-refractivity contribution is 5.92. The number of rotatable bonds is 7. The van der Waals surface area contributed by atoms with Crippen molar-refractivity contribution in [1.82, 2.24) is 14.8 Å². The normalized spacial score (nSPS) is 15.6. The topological polar surface area (TPSA) is 64.1 Å². The van der Waals surface area contributed by atoms with Crippen LogP contribution in [0.15, 0.2) is 36.5 Å². The minimum Gasteiger partial charge on any atom is -0.497 e. The third-order valence-corrected chi connectivity index (χ3v) is 5.22. The molecular weight excluding hydrogens is 370 g/mol. The van der Waals surface area contributed by atoms with Crippen LogP contribution in [-0.2, 0) is 17.8 Å². The summed E-state index contributed by atoms with van der Waals surface area (Å²) in [5.41, 5.74) is 2.40. The standard InChI is InChI=1S/C22H29N3O4/c1-27-18-13-19(22(26)29-3)20(21(14-18)28-2)16-25-10-6-9-24(11-12-25)15-17-7-4-5-8-23-17/h4-5,7-8,13-14H,6,9-12,15-16H2,1-3H3. The number of ether oxygens (including phenoxy) is 3. The fourth-order valence-corrected chi connectivity index (χ4v) is 3.66. The van der Waals surface area contributed by atoms with Crippen LogP contribution in [0, 0.1) is 0 Å². The number of hydrogen-bond donors (Lipinski definition) is 0. The Morgan fingerprint density at radius 3 is 2.38 bits per heavy atom. The van der Waals surface area contributed by atoms with Crippen molar-refractivity contribution < 1.29 is 19.0 Å². The van der Waals surface area contributed by atoms with Crippen molar-refractivity contribution in [2.45, 2.75) is 19.5 Å². The molecule has 2 aromatic rings. The van der Waals surface area contributed by atoms with Gasteiger partial charge in [-0.1, -0.05) is 6.07 Å². The van der Waals surface area contributed by atoms with Crippen LogP contribution in [-0.4, -0.2) is 68.3 Å². The minimum absolute atomic E-state index is 0.385. The summed E-state index contributed by atoms with van der Waals surface area (Å²) in [6, 6.07) is 9.56. The Morgan fingerprint density at radius 2 is 1.76 bits per heavy atom. The first-order valence-corrected chi connectivity index (χ1v) is 9.82. The zero-order chi connectivity index (χ0) is 20.6. The summed E-state index contributed by atoms with van der Waals surface area (Å²) in [7, 11) is 4.57. The van der Waals surface area contributed by atoms with Crippen molar-refractivity contribution in [2.24, 2.45) is 0 Å². The number of esters is 1. The van der Waals surface area contributed by atoms with Crippen molar-refractivity contribution >= 4 is 5.97 Å². The lowest BCUT2D eigenvalue weighted by molar-refractivity contribution is 0.0597. The lowest BCUT2D eigenvalue weighted by atomic mass is 10.0. The molecule has 2 heterocycles. The molecular formula is C22H29N3O4. The first-order chi connectivity index (χ1) is 14.1. The van der Waals surface area contributed by atoms with Gasteiger partial charge in [0.05, 0.1) is 32.6 Å². The number of carbonyl (C=O) groups excluding carboxylic acids is 1. The molecule has 1 fully saturated rings. The molecule has 1 aromatic carbocycles. The third-order valence-electron chi connectivity index (χ3n) is 5.22. The van der Waals surface area contributed by atoms with Gasteiger partial charge in [-0.05, 0) is 37.7 Å². The Hall–Kier alpha value is -2.64. The van der Waals surface area contributed by atoms with Crippen molar-refractivity contribution in [1.29, 1.82) is 0 Å². The summed E-state index contributed by atoms with van der Waals surface area (Å²) < 4.78 is 15.9. The molecule has 7 nitrogen and oxygen atoms in total. The molecule has 0 unspecified atom stereocenters. The fourth-order valence-electron chi connectivity index (χ4n) is 3.66. The van der Waals surface area contributed by atoms with Crippen molar-refractivity contribution in [3.05, 3.63) is 53.3 Å². The number of methoxy groups -OCH3 is 3. The summed E-state index contributed by atoms with van der Waals surface area (Å²) in [5, 5.41) is 0. The highest BCUT2D eigenvalue weighted by Gasteiger charge is 2.22. The van der Waals surface area contributed by atoms with Crippen molar-refractivity contribution in [3.8, 4) is 11.5 Å². The van der Waals surface area contributed by atoms with Gasteiger partial charge in [0.1, 0.15) is 11.5 Å². The Labute approximate surface area is 172 Å². The third kappa shape index (κ3) is 5.46. The molecule has 0 radical (unpaired) electrons. The quantitative estimate of drug-likeness (QED) is 0.663. The van der Waals surface area contributed by atoms with Crippen LogP contribution in [0.25, 0.3) is 0 Å². The Bertz CT molecular complexity index is 813. The van der Waals surface area contributed by atoms with Crippen molar-refractivity contribution in [3.63, 3.8) is 0 Å². The van der Waals surface area contributed by atoms with Crippen LogP contribution in [0.2, 0.25) is 0 Å². The van der Waals surface area contributed by atoms with E-state index in [1.165, 1.54) is 7.11 Å². The lowest BCUT2D eigenvalue weighted by Crippen LogP contribution is -2.31. The molecule has 0 amide bonds. The molecule has 0 saturated carbocycles. The van der Waals surface area contributed by atoms with E-state index in [0.29, 0.717) is 23.6 Å². The summed E-state index contributed by atoms with van der Waals surface area (Å²) in [4.78, 5) is 21.6. The summed E-state index contributed by atoms with van der Waals surface area (Å²) in [5.74, 6) is 0.826. The molecule has 7 heteroatoms. The van der Waals surface area contributed by atoms with Gasteiger partial charge in [-0.2, -0.15) is 0 Å². The molecule has 0 spiro atoms. The summed E-state index contributed by atoms with van der Waals surface area (Å²) in [6.45, 7) is 5.30. The molecule has 29 heavy (non-hydrogen) atoms. The molecule has 156 valence electrons. The smallest absolute Gasteiger partial charge is 0.338 e. The van der Waals surface area contributed by atoms with E-state index >= 15 is 0 Å². The van der Waals surface area contributed by atoms with Gasteiger partial charge in [0.25, 0.3) is 0 Å². The average Bonchev–Trinajstić information content (AvgIpc) is 2.99. The van der Waals surface area contributed by atoms with Crippen LogP contribution in [0.4, 0.5) is 0 Å². The molecule has 0 N–H and O–H groups in total. The summed E-state index contributed by atoms with van der Waals surface area (Å²) >= 11 is 0. The van der Waals surface area contributed by atoms with Gasteiger partial charge in [0.2, 0.25) is 0 Å². The van der Waals surface area contributed by atoms with Gasteiger partial charge < -0.3 is 14.2 Å². The SMILES string of the molecule is COC(=O)c1cc(OC)cc(OC)c1CN1CCCN(Cc2ccccn2)CC1. The molecule has 1 saturated heterocycles. The predicted molar refractivity (Wildman–Crippen MR) is 110 cm³/mol. The molecule has 0 atom stereocenters. The number of benzene rings is 1. The van der Waals surface area contributed by atoms with Gasteiger partial charge >= 0.3 is 5.97 Å². The average molecular weight is 399 g/mol. The second-order valence-electron chi connectivity index (χ2n) is 7.07. The predicted octanol–water partition coefficient (Wildman–Crippen LogP) is 2.59. The molecule has 0 aliphatic carbocycles. The van der Waals surface area contributed by atoms with Crippen LogP contribution >= 0.6 is 0 Å². The summed E-state index contributed by atoms with van der Waals surface area (Å²) in [6.07, 6.45) is 2.89. The number of hydrogen-bond acceptors (Lipinski definition) is 7. The Balaban J connectivity index is 1.73. The Morgan fingerprint density at radius 1 is 1.00 bits per heavy atom. The van der Waals surface area contributed by atoms with Gasteiger partial charge in [-0.3, -0.25) is 14.8 Å². The number of pyridine rings is 1. The van der Waals surface area contributed by atoms with Crippen LogP contribution < -0.4 is 9.47 Å². The molecule has 1 aromatic heterocycles.